The van der Waals surface area contributed by atoms with Crippen molar-refractivity contribution in [2.45, 2.75) is 4.90 Å². The minimum Gasteiger partial charge on any atom is -0.451 e. The molecule has 3 N–H and O–H groups in total. The van der Waals surface area contributed by atoms with Gasteiger partial charge in [0.2, 0.25) is 0 Å². The summed E-state index contributed by atoms with van der Waals surface area (Å²) in [5.41, 5.74) is 5.91. The number of carbonyl (C=O) groups excluding carboxylic acids is 2. The van der Waals surface area contributed by atoms with E-state index in [1.165, 1.54) is 24.2 Å². The van der Waals surface area contributed by atoms with Gasteiger partial charge >= 0.3 is 5.97 Å². The number of nitriles is 1. The average Bonchev–Trinajstić information content (AvgIpc) is 2.59. The number of hydrogen-bond acceptors (Lipinski definition) is 8. The highest BCUT2D eigenvalue weighted by Crippen LogP contribution is 2.26. The van der Waals surface area contributed by atoms with Crippen LogP contribution in [0.1, 0.15) is 10.5 Å². The number of anilines is 2. The second-order valence-corrected chi connectivity index (χ2v) is 5.37. The van der Waals surface area contributed by atoms with Crippen LogP contribution in [0.15, 0.2) is 41.6 Å². The van der Waals surface area contributed by atoms with Crippen LogP contribution < -0.4 is 11.1 Å². The molecule has 2 rings (SSSR count). The fraction of sp³-hybridized carbons (Fsp3) is 0.133. The summed E-state index contributed by atoms with van der Waals surface area (Å²) in [5.74, 6) is -1.16. The number of nitrogens with zero attached hydrogens (tertiary/aromatic N) is 3. The predicted molar refractivity (Wildman–Crippen MR) is 88.1 cm³/mol. The summed E-state index contributed by atoms with van der Waals surface area (Å²) < 4.78 is 4.87. The molecular weight excluding hydrogens is 330 g/mol. The third kappa shape index (κ3) is 4.69. The van der Waals surface area contributed by atoms with Gasteiger partial charge in [0.1, 0.15) is 0 Å². The van der Waals surface area contributed by atoms with Crippen LogP contribution in [-0.2, 0) is 9.53 Å². The largest absolute Gasteiger partial charge is 0.451 e. The van der Waals surface area contributed by atoms with Crippen LogP contribution in [0.3, 0.4) is 0 Å². The van der Waals surface area contributed by atoms with E-state index in [1.807, 2.05) is 6.07 Å². The molecule has 0 spiro atoms. The summed E-state index contributed by atoms with van der Waals surface area (Å²) >= 11 is 1.29. The SMILES string of the molecule is N#CCSc1ccccc1NC(=O)COC(=O)c1nccnc1N. The number of aromatic nitrogens is 2. The Balaban J connectivity index is 1.94. The normalized spacial score (nSPS) is 9.79. The summed E-state index contributed by atoms with van der Waals surface area (Å²) in [6.07, 6.45) is 2.64. The molecule has 0 saturated heterocycles. The van der Waals surface area contributed by atoms with Gasteiger partial charge in [0.05, 0.1) is 17.5 Å². The highest BCUT2D eigenvalue weighted by molar-refractivity contribution is 7.99. The van der Waals surface area contributed by atoms with Crippen molar-refractivity contribution in [1.82, 2.24) is 9.97 Å². The number of esters is 1. The van der Waals surface area contributed by atoms with E-state index in [2.05, 4.69) is 15.3 Å². The van der Waals surface area contributed by atoms with Gasteiger partial charge < -0.3 is 15.8 Å². The van der Waals surface area contributed by atoms with E-state index in [-0.39, 0.29) is 17.3 Å². The minimum absolute atomic E-state index is 0.0684. The molecule has 0 fully saturated rings. The second kappa shape index (κ2) is 8.50. The van der Waals surface area contributed by atoms with Crippen LogP contribution in [0, 0.1) is 11.3 Å². The minimum atomic E-state index is -0.831. The van der Waals surface area contributed by atoms with Crippen molar-refractivity contribution >= 4 is 35.1 Å². The molecule has 1 amide bonds. The van der Waals surface area contributed by atoms with E-state index < -0.39 is 18.5 Å². The van der Waals surface area contributed by atoms with Gasteiger partial charge in [0.25, 0.3) is 5.91 Å². The summed E-state index contributed by atoms with van der Waals surface area (Å²) in [5, 5.41) is 11.3. The van der Waals surface area contributed by atoms with Crippen molar-refractivity contribution in [3.8, 4) is 6.07 Å². The van der Waals surface area contributed by atoms with Gasteiger partial charge in [-0.05, 0) is 12.1 Å². The van der Waals surface area contributed by atoms with Crippen LogP contribution in [-0.4, -0.2) is 34.2 Å². The van der Waals surface area contributed by atoms with Crippen LogP contribution >= 0.6 is 11.8 Å². The van der Waals surface area contributed by atoms with E-state index in [4.69, 9.17) is 15.7 Å². The van der Waals surface area contributed by atoms with E-state index in [1.54, 1.807) is 24.3 Å². The molecule has 1 aromatic carbocycles. The number of ether oxygens (including phenoxy) is 1. The lowest BCUT2D eigenvalue weighted by Crippen LogP contribution is -2.22. The van der Waals surface area contributed by atoms with Crippen molar-refractivity contribution < 1.29 is 14.3 Å². The van der Waals surface area contributed by atoms with E-state index in [0.29, 0.717) is 5.69 Å². The molecule has 0 aliphatic rings. The zero-order chi connectivity index (χ0) is 17.4. The second-order valence-electron chi connectivity index (χ2n) is 4.36. The van der Waals surface area contributed by atoms with Gasteiger partial charge in [-0.3, -0.25) is 4.79 Å². The van der Waals surface area contributed by atoms with Gasteiger partial charge in [-0.1, -0.05) is 12.1 Å². The first-order valence-electron chi connectivity index (χ1n) is 6.74. The van der Waals surface area contributed by atoms with Crippen molar-refractivity contribution in [2.75, 3.05) is 23.4 Å². The molecule has 0 bridgehead atoms. The molecule has 2 aromatic rings. The monoisotopic (exact) mass is 343 g/mol. The third-order valence-corrected chi connectivity index (χ3v) is 3.65. The van der Waals surface area contributed by atoms with Crippen molar-refractivity contribution in [3.05, 3.63) is 42.4 Å². The molecule has 0 aliphatic carbocycles. The van der Waals surface area contributed by atoms with Crippen molar-refractivity contribution in [3.63, 3.8) is 0 Å². The fourth-order valence-electron chi connectivity index (χ4n) is 1.70. The van der Waals surface area contributed by atoms with E-state index in [0.717, 1.165) is 4.90 Å². The zero-order valence-electron chi connectivity index (χ0n) is 12.4. The molecular formula is C15H13N5O3S. The molecule has 24 heavy (non-hydrogen) atoms. The first-order valence-corrected chi connectivity index (χ1v) is 7.72. The first kappa shape index (κ1) is 17.2. The van der Waals surface area contributed by atoms with E-state index >= 15 is 0 Å². The Morgan fingerprint density at radius 2 is 2.04 bits per heavy atom. The fourth-order valence-corrected chi connectivity index (χ4v) is 2.37. The van der Waals surface area contributed by atoms with Crippen molar-refractivity contribution in [2.24, 2.45) is 0 Å². The van der Waals surface area contributed by atoms with Gasteiger partial charge in [-0.2, -0.15) is 5.26 Å². The maximum Gasteiger partial charge on any atom is 0.361 e. The van der Waals surface area contributed by atoms with Gasteiger partial charge in [0, 0.05) is 17.3 Å². The molecule has 0 aliphatic heterocycles. The molecule has 1 heterocycles. The highest BCUT2D eigenvalue weighted by Gasteiger charge is 2.16. The topological polar surface area (TPSA) is 131 Å². The van der Waals surface area contributed by atoms with Gasteiger partial charge in [-0.15, -0.1) is 11.8 Å². The number of thioether (sulfide) groups is 1. The summed E-state index contributed by atoms with van der Waals surface area (Å²) in [4.78, 5) is 32.0. The predicted octanol–water partition coefficient (Wildman–Crippen LogP) is 1.47. The highest BCUT2D eigenvalue weighted by atomic mass is 32.2. The molecule has 1 aromatic heterocycles. The lowest BCUT2D eigenvalue weighted by atomic mass is 10.3. The molecule has 0 unspecified atom stereocenters. The molecule has 0 saturated carbocycles. The Labute approximate surface area is 142 Å². The number of hydrogen-bond donors (Lipinski definition) is 2. The summed E-state index contributed by atoms with van der Waals surface area (Å²) in [6, 6.07) is 9.04. The standard InChI is InChI=1S/C15H13N5O3S/c16-5-8-24-11-4-2-1-3-10(11)20-12(21)9-23-15(22)13-14(17)19-7-6-18-13/h1-4,6-7H,8-9H2,(H2,17,19)(H,20,21). The van der Waals surface area contributed by atoms with Crippen LogP contribution in [0.2, 0.25) is 0 Å². The smallest absolute Gasteiger partial charge is 0.361 e. The third-order valence-electron chi connectivity index (χ3n) is 2.71. The number of para-hydroxylation sites is 1. The molecule has 8 nitrogen and oxygen atoms in total. The number of rotatable bonds is 6. The molecule has 122 valence electrons. The maximum atomic E-state index is 11.9. The average molecular weight is 343 g/mol. The number of benzene rings is 1. The Kier molecular flexibility index (Phi) is 6.10. The molecule has 9 heteroatoms. The Hall–Kier alpha value is -3.12. The number of nitrogens with two attached hydrogens (primary N) is 1. The Morgan fingerprint density at radius 1 is 1.29 bits per heavy atom. The first-order chi connectivity index (χ1) is 11.6. The van der Waals surface area contributed by atoms with Gasteiger partial charge in [-0.25, -0.2) is 14.8 Å². The zero-order valence-corrected chi connectivity index (χ0v) is 13.2. The van der Waals surface area contributed by atoms with E-state index in [9.17, 15) is 9.59 Å². The van der Waals surface area contributed by atoms with Crippen LogP contribution in [0.5, 0.6) is 0 Å². The number of carbonyl (C=O) groups is 2. The number of nitrogens with one attached hydrogen (secondary N) is 1. The van der Waals surface area contributed by atoms with Crippen LogP contribution in [0.4, 0.5) is 11.5 Å². The number of amides is 1. The maximum absolute atomic E-state index is 11.9. The molecule has 0 atom stereocenters. The Bertz CT molecular complexity index is 791. The quantitative estimate of drug-likeness (QED) is 0.595. The molecule has 0 radical (unpaired) electrons. The summed E-state index contributed by atoms with van der Waals surface area (Å²) in [7, 11) is 0. The van der Waals surface area contributed by atoms with Crippen molar-refractivity contribution in [1.29, 1.82) is 5.26 Å². The Morgan fingerprint density at radius 3 is 2.79 bits per heavy atom. The lowest BCUT2D eigenvalue weighted by Gasteiger charge is -2.10. The lowest BCUT2D eigenvalue weighted by molar-refractivity contribution is -0.119. The van der Waals surface area contributed by atoms with Gasteiger partial charge in [0.15, 0.2) is 18.1 Å². The summed E-state index contributed by atoms with van der Waals surface area (Å²) in [6.45, 7) is -0.494. The number of nitrogen functional groups attached to an aromatic ring is 1. The van der Waals surface area contributed by atoms with Crippen LogP contribution in [0.25, 0.3) is 0 Å².